The van der Waals surface area contributed by atoms with Crippen LogP contribution in [0, 0.1) is 6.92 Å². The standard InChI is InChI=1S/C18H23N3O3/c1-13-19-18(24-20-13)16-5-3-4-12-21(16)17(22)11-8-14-6-9-15(23-2)10-7-14/h6-7,9-10,16H,3-5,8,11-12H2,1-2H3/t16-/m0/s1. The summed E-state index contributed by atoms with van der Waals surface area (Å²) in [6, 6.07) is 7.76. The normalized spacial score (nSPS) is 17.8. The lowest BCUT2D eigenvalue weighted by Gasteiger charge is -2.33. The van der Waals surface area contributed by atoms with Crippen molar-refractivity contribution in [2.75, 3.05) is 13.7 Å². The molecule has 1 aliphatic rings. The summed E-state index contributed by atoms with van der Waals surface area (Å²) < 4.78 is 10.5. The maximum absolute atomic E-state index is 12.7. The van der Waals surface area contributed by atoms with Crippen LogP contribution >= 0.6 is 0 Å². The van der Waals surface area contributed by atoms with Crippen LogP contribution in [0.1, 0.15) is 49.0 Å². The van der Waals surface area contributed by atoms with Crippen LogP contribution < -0.4 is 4.74 Å². The molecular weight excluding hydrogens is 306 g/mol. The maximum atomic E-state index is 12.7. The topological polar surface area (TPSA) is 68.5 Å². The number of nitrogens with zero attached hydrogens (tertiary/aromatic N) is 3. The summed E-state index contributed by atoms with van der Waals surface area (Å²) in [5.41, 5.74) is 1.13. The number of hydrogen-bond donors (Lipinski definition) is 0. The fourth-order valence-electron chi connectivity index (χ4n) is 3.12. The van der Waals surface area contributed by atoms with Gasteiger partial charge in [-0.2, -0.15) is 4.98 Å². The molecule has 0 radical (unpaired) electrons. The SMILES string of the molecule is COc1ccc(CCC(=O)N2CCCC[C@H]2c2nc(C)no2)cc1. The zero-order chi connectivity index (χ0) is 16.9. The van der Waals surface area contributed by atoms with Crippen LogP contribution in [0.4, 0.5) is 0 Å². The molecule has 0 bridgehead atoms. The molecule has 0 saturated carbocycles. The summed E-state index contributed by atoms with van der Waals surface area (Å²) in [4.78, 5) is 18.9. The highest BCUT2D eigenvalue weighted by Gasteiger charge is 2.31. The minimum absolute atomic E-state index is 0.0803. The molecule has 24 heavy (non-hydrogen) atoms. The average Bonchev–Trinajstić information content (AvgIpc) is 3.06. The number of amides is 1. The van der Waals surface area contributed by atoms with E-state index in [1.165, 1.54) is 0 Å². The van der Waals surface area contributed by atoms with Gasteiger partial charge in [-0.05, 0) is 50.3 Å². The third-order valence-electron chi connectivity index (χ3n) is 4.44. The second kappa shape index (κ2) is 7.47. The maximum Gasteiger partial charge on any atom is 0.249 e. The van der Waals surface area contributed by atoms with Crippen molar-refractivity contribution in [3.8, 4) is 5.75 Å². The van der Waals surface area contributed by atoms with Crippen molar-refractivity contribution >= 4 is 5.91 Å². The first kappa shape index (κ1) is 16.5. The Bertz CT molecular complexity index is 681. The van der Waals surface area contributed by atoms with E-state index in [1.54, 1.807) is 14.0 Å². The van der Waals surface area contributed by atoms with Crippen molar-refractivity contribution < 1.29 is 14.1 Å². The third-order valence-corrected chi connectivity index (χ3v) is 4.44. The highest BCUT2D eigenvalue weighted by molar-refractivity contribution is 5.77. The Morgan fingerprint density at radius 2 is 2.12 bits per heavy atom. The van der Waals surface area contributed by atoms with Gasteiger partial charge in [0.05, 0.1) is 7.11 Å². The van der Waals surface area contributed by atoms with Gasteiger partial charge in [0.1, 0.15) is 11.8 Å². The fourth-order valence-corrected chi connectivity index (χ4v) is 3.12. The minimum atomic E-state index is -0.0803. The summed E-state index contributed by atoms with van der Waals surface area (Å²) in [5.74, 6) is 2.14. The quantitative estimate of drug-likeness (QED) is 0.843. The Balaban J connectivity index is 1.63. The lowest BCUT2D eigenvalue weighted by molar-refractivity contribution is -0.135. The van der Waals surface area contributed by atoms with Crippen molar-refractivity contribution in [3.05, 3.63) is 41.5 Å². The second-order valence-electron chi connectivity index (χ2n) is 6.13. The summed E-state index contributed by atoms with van der Waals surface area (Å²) in [7, 11) is 1.65. The van der Waals surface area contributed by atoms with E-state index in [4.69, 9.17) is 9.26 Å². The van der Waals surface area contributed by atoms with E-state index in [0.717, 1.165) is 43.5 Å². The predicted octanol–water partition coefficient (Wildman–Crippen LogP) is 3.07. The molecule has 2 heterocycles. The largest absolute Gasteiger partial charge is 0.497 e. The summed E-state index contributed by atoms with van der Waals surface area (Å²) in [5, 5.41) is 3.86. The van der Waals surface area contributed by atoms with Gasteiger partial charge in [0.2, 0.25) is 11.8 Å². The number of carbonyl (C=O) groups excluding carboxylic acids is 1. The molecule has 0 aliphatic carbocycles. The number of aryl methyl sites for hydroxylation is 2. The van der Waals surface area contributed by atoms with Crippen LogP contribution in [-0.2, 0) is 11.2 Å². The van der Waals surface area contributed by atoms with E-state index in [9.17, 15) is 4.79 Å². The molecule has 0 unspecified atom stereocenters. The van der Waals surface area contributed by atoms with Crippen LogP contribution in [0.2, 0.25) is 0 Å². The summed E-state index contributed by atoms with van der Waals surface area (Å²) >= 11 is 0. The van der Waals surface area contributed by atoms with E-state index in [-0.39, 0.29) is 11.9 Å². The van der Waals surface area contributed by atoms with Crippen molar-refractivity contribution in [2.45, 2.75) is 45.1 Å². The first-order valence-electron chi connectivity index (χ1n) is 8.40. The van der Waals surface area contributed by atoms with Crippen LogP contribution in [0.3, 0.4) is 0 Å². The van der Waals surface area contributed by atoms with Gasteiger partial charge in [0.25, 0.3) is 0 Å². The summed E-state index contributed by atoms with van der Waals surface area (Å²) in [6.45, 7) is 2.55. The number of methoxy groups -OCH3 is 1. The molecule has 1 aromatic carbocycles. The molecule has 1 aliphatic heterocycles. The monoisotopic (exact) mass is 329 g/mol. The summed E-state index contributed by atoms with van der Waals surface area (Å²) in [6.07, 6.45) is 4.19. The van der Waals surface area contributed by atoms with Crippen LogP contribution in [0.25, 0.3) is 0 Å². The number of likely N-dealkylation sites (tertiary alicyclic amines) is 1. The van der Waals surface area contributed by atoms with Crippen molar-refractivity contribution in [1.82, 2.24) is 15.0 Å². The first-order valence-corrected chi connectivity index (χ1v) is 8.40. The van der Waals surface area contributed by atoms with Gasteiger partial charge in [-0.15, -0.1) is 0 Å². The molecular formula is C18H23N3O3. The smallest absolute Gasteiger partial charge is 0.249 e. The molecule has 0 spiro atoms. The minimum Gasteiger partial charge on any atom is -0.497 e. The molecule has 1 atom stereocenters. The number of benzene rings is 1. The van der Waals surface area contributed by atoms with E-state index in [1.807, 2.05) is 29.2 Å². The van der Waals surface area contributed by atoms with Gasteiger partial charge in [0.15, 0.2) is 5.82 Å². The lowest BCUT2D eigenvalue weighted by atomic mass is 10.0. The number of ether oxygens (including phenoxy) is 1. The molecule has 2 aromatic rings. The van der Waals surface area contributed by atoms with E-state index < -0.39 is 0 Å². The number of carbonyl (C=O) groups is 1. The number of rotatable bonds is 5. The van der Waals surface area contributed by atoms with Gasteiger partial charge in [0, 0.05) is 13.0 Å². The molecule has 6 nitrogen and oxygen atoms in total. The highest BCUT2D eigenvalue weighted by Crippen LogP contribution is 2.30. The third kappa shape index (κ3) is 3.75. The van der Waals surface area contributed by atoms with Crippen molar-refractivity contribution in [1.29, 1.82) is 0 Å². The predicted molar refractivity (Wildman–Crippen MR) is 88.7 cm³/mol. The fraction of sp³-hybridized carbons (Fsp3) is 0.500. The Hall–Kier alpha value is -2.37. The van der Waals surface area contributed by atoms with Crippen molar-refractivity contribution in [3.63, 3.8) is 0 Å². The molecule has 128 valence electrons. The zero-order valence-electron chi connectivity index (χ0n) is 14.2. The van der Waals surface area contributed by atoms with Gasteiger partial charge < -0.3 is 14.2 Å². The highest BCUT2D eigenvalue weighted by atomic mass is 16.5. The lowest BCUT2D eigenvalue weighted by Crippen LogP contribution is -2.38. The Morgan fingerprint density at radius 1 is 1.33 bits per heavy atom. The Labute approximate surface area is 141 Å². The van der Waals surface area contributed by atoms with E-state index in [0.29, 0.717) is 18.1 Å². The van der Waals surface area contributed by atoms with Crippen LogP contribution in [-0.4, -0.2) is 34.6 Å². The number of hydrogen-bond acceptors (Lipinski definition) is 5. The molecule has 6 heteroatoms. The van der Waals surface area contributed by atoms with Gasteiger partial charge in [-0.1, -0.05) is 17.3 Å². The molecule has 1 saturated heterocycles. The average molecular weight is 329 g/mol. The first-order chi connectivity index (χ1) is 11.7. The molecule has 1 aromatic heterocycles. The Kier molecular flexibility index (Phi) is 5.13. The van der Waals surface area contributed by atoms with E-state index in [2.05, 4.69) is 10.1 Å². The number of piperidine rings is 1. The Morgan fingerprint density at radius 3 is 2.79 bits per heavy atom. The van der Waals surface area contributed by atoms with E-state index >= 15 is 0 Å². The molecule has 1 amide bonds. The second-order valence-corrected chi connectivity index (χ2v) is 6.13. The van der Waals surface area contributed by atoms with Crippen LogP contribution in [0.5, 0.6) is 5.75 Å². The van der Waals surface area contributed by atoms with Gasteiger partial charge in [-0.3, -0.25) is 4.79 Å². The zero-order valence-corrected chi connectivity index (χ0v) is 14.2. The van der Waals surface area contributed by atoms with Gasteiger partial charge >= 0.3 is 0 Å². The van der Waals surface area contributed by atoms with Gasteiger partial charge in [-0.25, -0.2) is 0 Å². The molecule has 0 N–H and O–H groups in total. The molecule has 3 rings (SSSR count). The number of aromatic nitrogens is 2. The van der Waals surface area contributed by atoms with Crippen LogP contribution in [0.15, 0.2) is 28.8 Å². The van der Waals surface area contributed by atoms with Crippen molar-refractivity contribution in [2.24, 2.45) is 0 Å². The molecule has 1 fully saturated rings.